The van der Waals surface area contributed by atoms with Crippen LogP contribution in [0.25, 0.3) is 0 Å². The number of phenolic OH excluding ortho intramolecular Hbond substituents is 2. The van der Waals surface area contributed by atoms with Gasteiger partial charge in [0.05, 0.1) is 0 Å². The lowest BCUT2D eigenvalue weighted by Crippen LogP contribution is -2.64. The first-order chi connectivity index (χ1) is 17.3. The van der Waals surface area contributed by atoms with Crippen molar-refractivity contribution in [2.45, 2.75) is 93.5 Å². The van der Waals surface area contributed by atoms with Crippen molar-refractivity contribution in [3.63, 3.8) is 0 Å². The van der Waals surface area contributed by atoms with Gasteiger partial charge in [-0.1, -0.05) is 24.3 Å². The van der Waals surface area contributed by atoms with Gasteiger partial charge in [-0.3, -0.25) is 0 Å². The summed E-state index contributed by atoms with van der Waals surface area (Å²) in [6.07, 6.45) is 16.9. The Morgan fingerprint density at radius 3 is 1.22 bits per heavy atom. The van der Waals surface area contributed by atoms with E-state index in [1.165, 1.54) is 88.2 Å². The van der Waals surface area contributed by atoms with E-state index in [2.05, 4.69) is 33.5 Å². The molecule has 5 unspecified atom stereocenters. The van der Waals surface area contributed by atoms with Crippen LogP contribution in [0.2, 0.25) is 0 Å². The van der Waals surface area contributed by atoms with Gasteiger partial charge in [0.2, 0.25) is 0 Å². The molecule has 0 aliphatic heterocycles. The highest BCUT2D eigenvalue weighted by Gasteiger charge is 2.66. The third kappa shape index (κ3) is 3.06. The first-order valence-electron chi connectivity index (χ1n) is 14.6. The van der Waals surface area contributed by atoms with Crippen molar-refractivity contribution >= 4 is 9.24 Å². The largest absolute Gasteiger partial charge is 0.508 e. The molecule has 2 aromatic rings. The van der Waals surface area contributed by atoms with Gasteiger partial charge in [-0.05, 0) is 163 Å². The molecule has 3 heteroatoms. The highest BCUT2D eigenvalue weighted by atomic mass is 31.0. The van der Waals surface area contributed by atoms with Crippen molar-refractivity contribution in [1.82, 2.24) is 0 Å². The van der Waals surface area contributed by atoms with Gasteiger partial charge in [-0.15, -0.1) is 9.24 Å². The summed E-state index contributed by atoms with van der Waals surface area (Å²) in [6, 6.07) is 16.7. The van der Waals surface area contributed by atoms with Crippen molar-refractivity contribution in [3.8, 4) is 11.5 Å². The van der Waals surface area contributed by atoms with Gasteiger partial charge >= 0.3 is 0 Å². The topological polar surface area (TPSA) is 40.5 Å². The zero-order chi connectivity index (χ0) is 24.3. The van der Waals surface area contributed by atoms with Crippen LogP contribution in [-0.4, -0.2) is 15.9 Å². The lowest BCUT2D eigenvalue weighted by Gasteiger charge is -2.70. The van der Waals surface area contributed by atoms with Crippen molar-refractivity contribution in [2.75, 3.05) is 0 Å². The number of hydrogen-bond donors (Lipinski definition) is 2. The first kappa shape index (κ1) is 22.5. The molecule has 8 fully saturated rings. The van der Waals surface area contributed by atoms with E-state index >= 15 is 0 Å². The number of benzene rings is 2. The molecule has 8 saturated carbocycles. The molecular formula is C33H41O2P. The minimum atomic E-state index is 0.323. The molecule has 0 radical (unpaired) electrons. The Labute approximate surface area is 218 Å². The third-order valence-electron chi connectivity index (χ3n) is 12.5. The Morgan fingerprint density at radius 2 is 0.889 bits per heavy atom. The average molecular weight is 501 g/mol. The van der Waals surface area contributed by atoms with Crippen molar-refractivity contribution in [1.29, 1.82) is 0 Å². The number of phenols is 2. The van der Waals surface area contributed by atoms with Crippen LogP contribution in [0.3, 0.4) is 0 Å². The van der Waals surface area contributed by atoms with E-state index in [0.717, 1.165) is 23.7 Å². The predicted octanol–water partition coefficient (Wildman–Crippen LogP) is 7.72. The van der Waals surface area contributed by atoms with E-state index in [4.69, 9.17) is 0 Å². The Bertz CT molecular complexity index is 1060. The highest BCUT2D eigenvalue weighted by molar-refractivity contribution is 7.17. The Kier molecular flexibility index (Phi) is 4.56. The van der Waals surface area contributed by atoms with Crippen LogP contribution >= 0.6 is 9.24 Å². The molecular weight excluding hydrogens is 459 g/mol. The van der Waals surface area contributed by atoms with Crippen LogP contribution in [0.5, 0.6) is 11.5 Å². The fraction of sp³-hybridized carbons (Fsp3) is 0.636. The summed E-state index contributed by atoms with van der Waals surface area (Å²) >= 11 is 0. The van der Waals surface area contributed by atoms with E-state index in [1.54, 1.807) is 0 Å². The molecule has 0 saturated heterocycles. The molecule has 8 aliphatic carbocycles. The van der Waals surface area contributed by atoms with Crippen LogP contribution in [0, 0.1) is 34.5 Å². The molecule has 0 amide bonds. The second-order valence-electron chi connectivity index (χ2n) is 14.8. The van der Waals surface area contributed by atoms with E-state index in [1.807, 2.05) is 24.3 Å². The van der Waals surface area contributed by atoms with Crippen LogP contribution in [0.1, 0.15) is 88.2 Å². The molecule has 190 valence electrons. The predicted molar refractivity (Wildman–Crippen MR) is 147 cm³/mol. The third-order valence-corrected chi connectivity index (χ3v) is 13.9. The second kappa shape index (κ2) is 7.31. The molecule has 36 heavy (non-hydrogen) atoms. The standard InChI is InChI=1S/C33H41O2P/c34-27-5-1-25(2-6-27)30-11-21-9-22(12-30)16-32(15-21,19-30)29(36)33-17-23-10-24(18-33)14-31(13-23,20-33)26-3-7-28(35)8-4-26/h1-8,21-24,29,34-35H,9-20,36H2. The van der Waals surface area contributed by atoms with Gasteiger partial charge < -0.3 is 10.2 Å². The second-order valence-corrected chi connectivity index (χ2v) is 15.4. The SMILES string of the molecule is Oc1ccc(C23CC4CC(C2)CC(C(P)C25CC6CC(CC(c7ccc(O)cc7)(C6)C2)C5)(C4)C3)cc1. The zero-order valence-electron chi connectivity index (χ0n) is 21.5. The van der Waals surface area contributed by atoms with Crippen molar-refractivity contribution in [3.05, 3.63) is 59.7 Å². The molecule has 2 aromatic carbocycles. The van der Waals surface area contributed by atoms with Crippen LogP contribution in [0.4, 0.5) is 0 Å². The maximum absolute atomic E-state index is 9.99. The Balaban J connectivity index is 1.18. The molecule has 2 nitrogen and oxygen atoms in total. The van der Waals surface area contributed by atoms with Gasteiger partial charge in [-0.25, -0.2) is 0 Å². The molecule has 8 bridgehead atoms. The molecule has 2 N–H and O–H groups in total. The summed E-state index contributed by atoms with van der Waals surface area (Å²) in [4.78, 5) is 0. The number of rotatable bonds is 4. The summed E-state index contributed by atoms with van der Waals surface area (Å²) in [5.41, 5.74) is 5.26. The summed E-state index contributed by atoms with van der Waals surface area (Å²) in [6.45, 7) is 0. The van der Waals surface area contributed by atoms with Gasteiger partial charge in [-0.2, -0.15) is 0 Å². The maximum atomic E-state index is 9.99. The normalized spacial score (nSPS) is 46.8. The smallest absolute Gasteiger partial charge is 0.115 e. The van der Waals surface area contributed by atoms with Gasteiger partial charge in [0.25, 0.3) is 0 Å². The lowest BCUT2D eigenvalue weighted by atomic mass is 9.36. The minimum Gasteiger partial charge on any atom is -0.508 e. The first-order valence-corrected chi connectivity index (χ1v) is 15.3. The fourth-order valence-corrected chi connectivity index (χ4v) is 13.1. The Morgan fingerprint density at radius 1 is 0.556 bits per heavy atom. The van der Waals surface area contributed by atoms with Crippen LogP contribution < -0.4 is 0 Å². The summed E-state index contributed by atoms with van der Waals surface area (Å²) < 4.78 is 0. The minimum absolute atomic E-state index is 0.323. The summed E-state index contributed by atoms with van der Waals surface area (Å²) in [5.74, 6) is 4.31. The lowest BCUT2D eigenvalue weighted by molar-refractivity contribution is -0.134. The maximum Gasteiger partial charge on any atom is 0.115 e. The summed E-state index contributed by atoms with van der Waals surface area (Å²) in [5, 5.41) is 20.0. The van der Waals surface area contributed by atoms with Crippen LogP contribution in [0.15, 0.2) is 48.5 Å². The van der Waals surface area contributed by atoms with Gasteiger partial charge in [0.15, 0.2) is 0 Å². The van der Waals surface area contributed by atoms with Gasteiger partial charge in [0.1, 0.15) is 11.5 Å². The number of aromatic hydroxyl groups is 2. The van der Waals surface area contributed by atoms with Crippen LogP contribution in [-0.2, 0) is 10.8 Å². The van der Waals surface area contributed by atoms with E-state index in [0.29, 0.717) is 38.8 Å². The quantitative estimate of drug-likeness (QED) is 0.422. The summed E-state index contributed by atoms with van der Waals surface area (Å²) in [7, 11) is 3.55. The molecule has 0 spiro atoms. The molecule has 0 heterocycles. The van der Waals surface area contributed by atoms with Crippen molar-refractivity contribution < 1.29 is 10.2 Å². The molecule has 5 atom stereocenters. The zero-order valence-corrected chi connectivity index (χ0v) is 22.6. The number of hydrogen-bond acceptors (Lipinski definition) is 2. The molecule has 8 aliphatic rings. The Hall–Kier alpha value is -1.53. The van der Waals surface area contributed by atoms with E-state index in [-0.39, 0.29) is 0 Å². The van der Waals surface area contributed by atoms with Crippen molar-refractivity contribution in [2.24, 2.45) is 34.5 Å². The monoisotopic (exact) mass is 500 g/mol. The molecule has 10 rings (SSSR count). The molecule has 0 aromatic heterocycles. The highest BCUT2D eigenvalue weighted by Crippen LogP contribution is 2.74. The average Bonchev–Trinajstić information content (AvgIpc) is 2.82. The van der Waals surface area contributed by atoms with Gasteiger partial charge in [0, 0.05) is 0 Å². The van der Waals surface area contributed by atoms with E-state index in [9.17, 15) is 10.2 Å². The fourth-order valence-electron chi connectivity index (χ4n) is 12.3. The van der Waals surface area contributed by atoms with E-state index < -0.39 is 0 Å².